The van der Waals surface area contributed by atoms with Crippen LogP contribution in [-0.4, -0.2) is 34.5 Å². The molecule has 0 aromatic heterocycles. The quantitative estimate of drug-likeness (QED) is 0.188. The van der Waals surface area contributed by atoms with Crippen molar-refractivity contribution in [2.24, 2.45) is 0 Å². The molecule has 0 aliphatic carbocycles. The Bertz CT molecular complexity index is 861. The first-order valence-corrected chi connectivity index (χ1v) is 15.6. The van der Waals surface area contributed by atoms with Crippen LogP contribution >= 0.6 is 0 Å². The molecule has 0 bridgehead atoms. The van der Waals surface area contributed by atoms with Crippen molar-refractivity contribution >= 4 is 27.7 Å². The third-order valence-corrected chi connectivity index (χ3v) is 10.9. The van der Waals surface area contributed by atoms with E-state index in [0.29, 0.717) is 0 Å². The van der Waals surface area contributed by atoms with Crippen LogP contribution in [-0.2, 0) is 0 Å². The predicted molar refractivity (Wildman–Crippen MR) is 145 cm³/mol. The Morgan fingerprint density at radius 1 is 0.471 bits per heavy atom. The molecule has 0 spiro atoms. The third kappa shape index (κ3) is 7.31. The first-order chi connectivity index (χ1) is 16.8. The molecule has 0 saturated carbocycles. The van der Waals surface area contributed by atoms with E-state index in [2.05, 4.69) is 93.6 Å². The van der Waals surface area contributed by atoms with Gasteiger partial charge < -0.3 is 0 Å². The fourth-order valence-electron chi connectivity index (χ4n) is 3.66. The average Bonchev–Trinajstić information content (AvgIpc) is 2.87. The molecule has 3 rings (SSSR count). The number of rotatable bonds is 15. The Hall–Kier alpha value is -2.38. The second-order valence-corrected chi connectivity index (χ2v) is 12.8. The van der Waals surface area contributed by atoms with Gasteiger partial charge in [0, 0.05) is 0 Å². The van der Waals surface area contributed by atoms with Crippen LogP contribution in [0.15, 0.2) is 72.8 Å². The van der Waals surface area contributed by atoms with Crippen LogP contribution in [0.2, 0.25) is 0 Å². The van der Waals surface area contributed by atoms with Crippen molar-refractivity contribution < 1.29 is 14.2 Å². The van der Waals surface area contributed by atoms with Crippen LogP contribution in [0.5, 0.6) is 17.2 Å². The molecule has 0 heterocycles. The van der Waals surface area contributed by atoms with Gasteiger partial charge in [-0.15, -0.1) is 0 Å². The molecule has 34 heavy (non-hydrogen) atoms. The summed E-state index contributed by atoms with van der Waals surface area (Å²) in [7, 11) is 0. The molecule has 0 saturated heterocycles. The van der Waals surface area contributed by atoms with Gasteiger partial charge in [-0.25, -0.2) is 0 Å². The fourth-order valence-corrected chi connectivity index (χ4v) is 9.04. The van der Waals surface area contributed by atoms with Crippen molar-refractivity contribution in [2.45, 2.75) is 59.3 Å². The zero-order chi connectivity index (χ0) is 24.0. The van der Waals surface area contributed by atoms with Gasteiger partial charge >= 0.3 is 211 Å². The number of para-hydroxylation sites is 3. The van der Waals surface area contributed by atoms with Gasteiger partial charge in [-0.3, -0.25) is 0 Å². The summed E-state index contributed by atoms with van der Waals surface area (Å²) in [5, 5.41) is 0. The molecule has 3 nitrogen and oxygen atoms in total. The van der Waals surface area contributed by atoms with Gasteiger partial charge in [0.2, 0.25) is 0 Å². The average molecular weight is 523 g/mol. The van der Waals surface area contributed by atoms with Gasteiger partial charge in [0.15, 0.2) is 0 Å². The summed E-state index contributed by atoms with van der Waals surface area (Å²) in [5.74, 6) is 2.97. The number of ether oxygens (including phenoxy) is 3. The molecule has 0 atom stereocenters. The number of benzene rings is 3. The van der Waals surface area contributed by atoms with Crippen molar-refractivity contribution in [2.75, 3.05) is 19.8 Å². The molecule has 0 N–H and O–H groups in total. The van der Waals surface area contributed by atoms with E-state index in [-0.39, 0.29) is 0 Å². The Kier molecular flexibility index (Phi) is 11.4. The van der Waals surface area contributed by atoms with Crippen molar-refractivity contribution in [1.29, 1.82) is 0 Å². The fraction of sp³-hybridized carbons (Fsp3) is 0.400. The third-order valence-electron chi connectivity index (χ3n) is 5.58. The van der Waals surface area contributed by atoms with Crippen molar-refractivity contribution in [3.63, 3.8) is 0 Å². The van der Waals surface area contributed by atoms with E-state index in [1.54, 1.807) is 0 Å². The molecule has 0 radical (unpaired) electrons. The molecule has 0 fully saturated rings. The zero-order valence-corrected chi connectivity index (χ0v) is 22.8. The van der Waals surface area contributed by atoms with Crippen molar-refractivity contribution in [3.05, 3.63) is 72.8 Å². The van der Waals surface area contributed by atoms with Crippen molar-refractivity contribution in [1.82, 2.24) is 0 Å². The van der Waals surface area contributed by atoms with Gasteiger partial charge in [0.05, 0.1) is 0 Å². The van der Waals surface area contributed by atoms with Crippen LogP contribution in [0.25, 0.3) is 0 Å². The SMILES string of the molecule is CCCCOc1ccccc1[As](c1ccccc1OCCCC)c1ccccc1OCCCC. The molecule has 0 aliphatic heterocycles. The number of hydrogen-bond donors (Lipinski definition) is 0. The summed E-state index contributed by atoms with van der Waals surface area (Å²) in [6.07, 6.45) is 6.50. The van der Waals surface area contributed by atoms with Crippen LogP contribution in [0.4, 0.5) is 0 Å². The van der Waals surface area contributed by atoms with Gasteiger partial charge in [0.25, 0.3) is 0 Å². The van der Waals surface area contributed by atoms with Crippen LogP contribution in [0.3, 0.4) is 0 Å². The molecule has 3 aromatic carbocycles. The summed E-state index contributed by atoms with van der Waals surface area (Å²) in [5.41, 5.74) is 0. The first kappa shape index (κ1) is 26.2. The number of unbranched alkanes of at least 4 members (excludes halogenated alkanes) is 3. The van der Waals surface area contributed by atoms with E-state index in [9.17, 15) is 0 Å². The molecule has 0 aliphatic rings. The summed E-state index contributed by atoms with van der Waals surface area (Å²) >= 11 is -2.05. The molecule has 4 heteroatoms. The van der Waals surface area contributed by atoms with Crippen LogP contribution in [0, 0.1) is 0 Å². The topological polar surface area (TPSA) is 27.7 Å². The molecule has 3 aromatic rings. The van der Waals surface area contributed by atoms with E-state index < -0.39 is 14.7 Å². The Morgan fingerprint density at radius 3 is 1.06 bits per heavy atom. The van der Waals surface area contributed by atoms with Crippen LogP contribution < -0.4 is 27.3 Å². The molecule has 0 amide bonds. The number of hydrogen-bond acceptors (Lipinski definition) is 3. The maximum absolute atomic E-state index is 6.33. The van der Waals surface area contributed by atoms with E-state index in [0.717, 1.165) is 75.6 Å². The summed E-state index contributed by atoms with van der Waals surface area (Å²) < 4.78 is 22.8. The normalized spacial score (nSPS) is 10.9. The van der Waals surface area contributed by atoms with Gasteiger partial charge in [-0.05, 0) is 0 Å². The Morgan fingerprint density at radius 2 is 0.765 bits per heavy atom. The molecule has 182 valence electrons. The zero-order valence-electron chi connectivity index (χ0n) is 21.0. The Balaban J connectivity index is 2.11. The van der Waals surface area contributed by atoms with E-state index >= 15 is 0 Å². The minimum atomic E-state index is -2.05. The van der Waals surface area contributed by atoms with E-state index in [1.807, 2.05) is 0 Å². The summed E-state index contributed by atoms with van der Waals surface area (Å²) in [4.78, 5) is 0. The van der Waals surface area contributed by atoms with Gasteiger partial charge in [-0.1, -0.05) is 0 Å². The standard InChI is InChI=1S/C30H39AsO3/c1-4-7-22-32-28-19-13-10-16-25(28)31(26-17-11-14-20-29(26)33-23-8-5-2)27-18-12-15-21-30(27)34-24-9-6-3/h10-21H,4-9,22-24H2,1-3H3. The van der Waals surface area contributed by atoms with Crippen LogP contribution in [0.1, 0.15) is 59.3 Å². The maximum atomic E-state index is 6.33. The second-order valence-electron chi connectivity index (χ2n) is 8.34. The molecular weight excluding hydrogens is 483 g/mol. The summed E-state index contributed by atoms with van der Waals surface area (Å²) in [6.45, 7) is 8.79. The predicted octanol–water partition coefficient (Wildman–Crippen LogP) is 5.74. The van der Waals surface area contributed by atoms with Gasteiger partial charge in [-0.2, -0.15) is 0 Å². The van der Waals surface area contributed by atoms with E-state index in [1.165, 1.54) is 13.1 Å². The van der Waals surface area contributed by atoms with Gasteiger partial charge in [0.1, 0.15) is 0 Å². The molecular formula is C30H39AsO3. The van der Waals surface area contributed by atoms with Crippen molar-refractivity contribution in [3.8, 4) is 17.2 Å². The monoisotopic (exact) mass is 522 g/mol. The summed E-state index contributed by atoms with van der Waals surface area (Å²) in [6, 6.07) is 25.7. The first-order valence-electron chi connectivity index (χ1n) is 12.8. The second kappa shape index (κ2) is 14.8. The van der Waals surface area contributed by atoms with E-state index in [4.69, 9.17) is 14.2 Å². The molecule has 0 unspecified atom stereocenters. The minimum absolute atomic E-state index is 0.735. The Labute approximate surface area is 210 Å².